The molecule has 1 aromatic carbocycles. The van der Waals surface area contributed by atoms with Crippen LogP contribution in [0.4, 0.5) is 5.69 Å². The van der Waals surface area contributed by atoms with Gasteiger partial charge in [-0.3, -0.25) is 0 Å². The second-order valence-electron chi connectivity index (χ2n) is 4.79. The Morgan fingerprint density at radius 2 is 2.24 bits per heavy atom. The van der Waals surface area contributed by atoms with E-state index in [2.05, 4.69) is 42.7 Å². The molecule has 1 aliphatic heterocycles. The third-order valence-electron chi connectivity index (χ3n) is 3.37. The van der Waals surface area contributed by atoms with Gasteiger partial charge in [0.1, 0.15) is 11.6 Å². The third-order valence-corrected chi connectivity index (χ3v) is 5.09. The average Bonchev–Trinajstić information content (AvgIpc) is 3.15. The van der Waals surface area contributed by atoms with E-state index < -0.39 is 0 Å². The molecule has 1 aliphatic rings. The van der Waals surface area contributed by atoms with Gasteiger partial charge in [-0.05, 0) is 34.1 Å². The van der Waals surface area contributed by atoms with E-state index in [4.69, 9.17) is 4.74 Å². The molecule has 0 radical (unpaired) electrons. The van der Waals surface area contributed by atoms with Crippen LogP contribution in [0.5, 0.6) is 5.75 Å². The fourth-order valence-electron chi connectivity index (χ4n) is 2.35. The summed E-state index contributed by atoms with van der Waals surface area (Å²) >= 11 is 5.15. The summed E-state index contributed by atoms with van der Waals surface area (Å²) < 4.78 is 7.10. The molecule has 0 amide bonds. The van der Waals surface area contributed by atoms with Gasteiger partial charge in [0.25, 0.3) is 0 Å². The molecule has 6 heteroatoms. The second-order valence-corrected chi connectivity index (χ2v) is 6.62. The standard InChI is InChI=1S/C15H12BrN3OS/c16-9-5-14(21-8-9)11-6-18-15(19-11)13-7-17-10-3-1-2-4-12(10)20-13/h1-6,8,13,17H,7H2,(H,18,19). The van der Waals surface area contributed by atoms with E-state index in [-0.39, 0.29) is 6.10 Å². The Labute approximate surface area is 134 Å². The quantitative estimate of drug-likeness (QED) is 0.708. The maximum absolute atomic E-state index is 6.01. The highest BCUT2D eigenvalue weighted by molar-refractivity contribution is 9.10. The number of nitrogens with one attached hydrogen (secondary N) is 2. The first-order valence-corrected chi connectivity index (χ1v) is 8.26. The number of fused-ring (bicyclic) bond motifs is 1. The first-order valence-electron chi connectivity index (χ1n) is 6.58. The zero-order valence-electron chi connectivity index (χ0n) is 11.0. The molecule has 2 N–H and O–H groups in total. The van der Waals surface area contributed by atoms with Crippen molar-refractivity contribution < 1.29 is 4.74 Å². The van der Waals surface area contributed by atoms with E-state index in [1.54, 1.807) is 11.3 Å². The van der Waals surface area contributed by atoms with E-state index in [0.717, 1.165) is 32.3 Å². The summed E-state index contributed by atoms with van der Waals surface area (Å²) in [7, 11) is 0. The molecule has 4 nitrogen and oxygen atoms in total. The van der Waals surface area contributed by atoms with Gasteiger partial charge in [0.05, 0.1) is 29.0 Å². The molecule has 3 heterocycles. The van der Waals surface area contributed by atoms with E-state index in [9.17, 15) is 0 Å². The van der Waals surface area contributed by atoms with Crippen LogP contribution in [0.25, 0.3) is 10.6 Å². The number of anilines is 1. The summed E-state index contributed by atoms with van der Waals surface area (Å²) in [4.78, 5) is 8.98. The van der Waals surface area contributed by atoms with Gasteiger partial charge in [0.2, 0.25) is 0 Å². The normalized spacial score (nSPS) is 16.9. The summed E-state index contributed by atoms with van der Waals surface area (Å²) in [5.74, 6) is 1.71. The van der Waals surface area contributed by atoms with Crippen LogP contribution in [0.1, 0.15) is 11.9 Å². The molecule has 1 atom stereocenters. The van der Waals surface area contributed by atoms with Crippen LogP contribution >= 0.6 is 27.3 Å². The van der Waals surface area contributed by atoms with Crippen molar-refractivity contribution in [3.05, 3.63) is 52.2 Å². The minimum absolute atomic E-state index is 0.1000. The van der Waals surface area contributed by atoms with Crippen molar-refractivity contribution in [2.24, 2.45) is 0 Å². The van der Waals surface area contributed by atoms with Crippen molar-refractivity contribution in [1.82, 2.24) is 9.97 Å². The van der Waals surface area contributed by atoms with E-state index in [1.165, 1.54) is 0 Å². The number of imidazole rings is 1. The first kappa shape index (κ1) is 12.9. The van der Waals surface area contributed by atoms with E-state index >= 15 is 0 Å². The SMILES string of the molecule is Brc1csc(-c2cnc(C3CNc4ccccc4O3)[nH]2)c1. The molecule has 0 fully saturated rings. The number of aromatic nitrogens is 2. The van der Waals surface area contributed by atoms with Crippen molar-refractivity contribution in [3.63, 3.8) is 0 Å². The van der Waals surface area contributed by atoms with Gasteiger partial charge in [0, 0.05) is 9.85 Å². The summed E-state index contributed by atoms with van der Waals surface area (Å²) in [5.41, 5.74) is 2.05. The monoisotopic (exact) mass is 361 g/mol. The Hall–Kier alpha value is -1.79. The summed E-state index contributed by atoms with van der Waals surface area (Å²) in [5, 5.41) is 5.43. The molecule has 4 rings (SSSR count). The van der Waals surface area contributed by atoms with Crippen LogP contribution in [-0.4, -0.2) is 16.5 Å². The van der Waals surface area contributed by atoms with Gasteiger partial charge in [-0.15, -0.1) is 11.3 Å². The summed E-state index contributed by atoms with van der Waals surface area (Å²) in [6.45, 7) is 0.706. The molecular weight excluding hydrogens is 350 g/mol. The van der Waals surface area contributed by atoms with Crippen LogP contribution in [0.2, 0.25) is 0 Å². The Balaban J connectivity index is 1.60. The minimum atomic E-state index is -0.1000. The zero-order chi connectivity index (χ0) is 14.2. The predicted molar refractivity (Wildman–Crippen MR) is 87.9 cm³/mol. The maximum Gasteiger partial charge on any atom is 0.173 e. The number of ether oxygens (including phenoxy) is 1. The fraction of sp³-hybridized carbons (Fsp3) is 0.133. The minimum Gasteiger partial charge on any atom is -0.478 e. The molecule has 0 spiro atoms. The Bertz CT molecular complexity index is 783. The van der Waals surface area contributed by atoms with Crippen molar-refractivity contribution in [3.8, 4) is 16.3 Å². The van der Waals surface area contributed by atoms with Gasteiger partial charge in [-0.1, -0.05) is 12.1 Å². The molecule has 3 aromatic rings. The van der Waals surface area contributed by atoms with Crippen LogP contribution in [0.15, 0.2) is 46.4 Å². The number of nitrogens with zero attached hydrogens (tertiary/aromatic N) is 1. The lowest BCUT2D eigenvalue weighted by Gasteiger charge is -2.25. The molecule has 21 heavy (non-hydrogen) atoms. The molecule has 0 bridgehead atoms. The van der Waals surface area contributed by atoms with Crippen molar-refractivity contribution in [2.75, 3.05) is 11.9 Å². The van der Waals surface area contributed by atoms with Crippen molar-refractivity contribution >= 4 is 33.0 Å². The predicted octanol–water partition coefficient (Wildman–Crippen LogP) is 4.45. The fourth-order valence-corrected chi connectivity index (χ4v) is 3.74. The second kappa shape index (κ2) is 5.20. The number of rotatable bonds is 2. The Kier molecular flexibility index (Phi) is 3.20. The van der Waals surface area contributed by atoms with Crippen molar-refractivity contribution in [1.29, 1.82) is 0 Å². The van der Waals surface area contributed by atoms with E-state index in [1.807, 2.05) is 30.5 Å². The van der Waals surface area contributed by atoms with Crippen LogP contribution in [-0.2, 0) is 0 Å². The molecule has 1 unspecified atom stereocenters. The molecule has 0 saturated heterocycles. The molecule has 0 saturated carbocycles. The number of benzene rings is 1. The van der Waals surface area contributed by atoms with E-state index in [0.29, 0.717) is 6.54 Å². The van der Waals surface area contributed by atoms with Gasteiger partial charge < -0.3 is 15.0 Å². The summed E-state index contributed by atoms with van der Waals surface area (Å²) in [6, 6.07) is 10.0. The number of aromatic amines is 1. The number of para-hydroxylation sites is 2. The number of H-pyrrole nitrogens is 1. The Morgan fingerprint density at radius 1 is 1.33 bits per heavy atom. The van der Waals surface area contributed by atoms with Crippen LogP contribution in [0, 0.1) is 0 Å². The highest BCUT2D eigenvalue weighted by Crippen LogP contribution is 2.34. The molecule has 2 aromatic heterocycles. The maximum atomic E-state index is 6.01. The highest BCUT2D eigenvalue weighted by Gasteiger charge is 2.23. The largest absolute Gasteiger partial charge is 0.478 e. The van der Waals surface area contributed by atoms with Crippen molar-refractivity contribution in [2.45, 2.75) is 6.10 Å². The lowest BCUT2D eigenvalue weighted by atomic mass is 10.2. The van der Waals surface area contributed by atoms with Gasteiger partial charge in [-0.2, -0.15) is 0 Å². The molecular formula is C15H12BrN3OS. The van der Waals surface area contributed by atoms with Gasteiger partial charge >= 0.3 is 0 Å². The lowest BCUT2D eigenvalue weighted by molar-refractivity contribution is 0.201. The molecule has 0 aliphatic carbocycles. The number of halogens is 1. The average molecular weight is 362 g/mol. The molecule has 106 valence electrons. The highest BCUT2D eigenvalue weighted by atomic mass is 79.9. The third kappa shape index (κ3) is 2.45. The first-order chi connectivity index (χ1) is 10.3. The number of hydrogen-bond donors (Lipinski definition) is 2. The topological polar surface area (TPSA) is 49.9 Å². The smallest absolute Gasteiger partial charge is 0.173 e. The number of hydrogen-bond acceptors (Lipinski definition) is 4. The zero-order valence-corrected chi connectivity index (χ0v) is 13.4. The Morgan fingerprint density at radius 3 is 3.10 bits per heavy atom. The van der Waals surface area contributed by atoms with Gasteiger partial charge in [0.15, 0.2) is 6.10 Å². The van der Waals surface area contributed by atoms with Crippen LogP contribution < -0.4 is 10.1 Å². The van der Waals surface area contributed by atoms with Crippen LogP contribution in [0.3, 0.4) is 0 Å². The number of thiophene rings is 1. The summed E-state index contributed by atoms with van der Waals surface area (Å²) in [6.07, 6.45) is 1.76. The van der Waals surface area contributed by atoms with Gasteiger partial charge in [-0.25, -0.2) is 4.98 Å². The lowest BCUT2D eigenvalue weighted by Crippen LogP contribution is -2.24.